The molecule has 2 heteroatoms. The van der Waals surface area contributed by atoms with E-state index in [1.165, 1.54) is 15.6 Å². The van der Waals surface area contributed by atoms with Crippen LogP contribution in [0.2, 0.25) is 0 Å². The van der Waals surface area contributed by atoms with Crippen molar-refractivity contribution in [1.82, 2.24) is 0 Å². The van der Waals surface area contributed by atoms with Crippen LogP contribution in [0.3, 0.4) is 0 Å². The highest BCUT2D eigenvalue weighted by atomic mass is 79.9. The molecule has 1 N–H and O–H groups in total. The lowest BCUT2D eigenvalue weighted by atomic mass is 9.90. The quantitative estimate of drug-likeness (QED) is 0.720. The predicted octanol–water partition coefficient (Wildman–Crippen LogP) is 2.30. The molecule has 1 unspecified atom stereocenters. The van der Waals surface area contributed by atoms with Crippen molar-refractivity contribution in [1.29, 1.82) is 0 Å². The molecule has 1 aromatic carbocycles. The smallest absolute Gasteiger partial charge is 0.0583 e. The summed E-state index contributed by atoms with van der Waals surface area (Å²) in [6, 6.07) is 6.19. The van der Waals surface area contributed by atoms with Crippen LogP contribution in [-0.2, 0) is 12.8 Å². The van der Waals surface area contributed by atoms with E-state index in [9.17, 15) is 5.11 Å². The van der Waals surface area contributed by atoms with Gasteiger partial charge in [-0.05, 0) is 36.5 Å². The lowest BCUT2D eigenvalue weighted by Gasteiger charge is -2.21. The van der Waals surface area contributed by atoms with Gasteiger partial charge in [0, 0.05) is 4.47 Å². The van der Waals surface area contributed by atoms with Gasteiger partial charge in [0.15, 0.2) is 0 Å². The maximum atomic E-state index is 9.43. The Balaban J connectivity index is 2.42. The van der Waals surface area contributed by atoms with Crippen LogP contribution >= 0.6 is 15.9 Å². The highest BCUT2D eigenvalue weighted by Gasteiger charge is 2.17. The molecule has 2 rings (SSSR count). The van der Waals surface area contributed by atoms with Gasteiger partial charge in [0.1, 0.15) is 0 Å². The first-order valence-electron chi connectivity index (χ1n) is 4.21. The molecule has 0 spiro atoms. The van der Waals surface area contributed by atoms with Crippen molar-refractivity contribution in [2.45, 2.75) is 25.4 Å². The highest BCUT2D eigenvalue weighted by Crippen LogP contribution is 2.27. The fraction of sp³-hybridized carbons (Fsp3) is 0.400. The molecular weight excluding hydrogens is 216 g/mol. The van der Waals surface area contributed by atoms with Gasteiger partial charge in [-0.3, -0.25) is 0 Å². The zero-order valence-corrected chi connectivity index (χ0v) is 8.34. The van der Waals surface area contributed by atoms with Crippen LogP contribution in [0.15, 0.2) is 22.7 Å². The molecule has 64 valence electrons. The SMILES string of the molecule is OC1CCc2c(Br)cccc2C1. The van der Waals surface area contributed by atoms with Gasteiger partial charge in [-0.1, -0.05) is 28.1 Å². The van der Waals surface area contributed by atoms with E-state index in [2.05, 4.69) is 28.1 Å². The van der Waals surface area contributed by atoms with Crippen LogP contribution < -0.4 is 0 Å². The number of rotatable bonds is 0. The molecule has 0 bridgehead atoms. The number of halogens is 1. The van der Waals surface area contributed by atoms with Crippen molar-refractivity contribution in [3.05, 3.63) is 33.8 Å². The van der Waals surface area contributed by atoms with Gasteiger partial charge in [-0.2, -0.15) is 0 Å². The molecule has 0 saturated heterocycles. The molecular formula is C10H11BrO. The van der Waals surface area contributed by atoms with Crippen LogP contribution in [0, 0.1) is 0 Å². The summed E-state index contributed by atoms with van der Waals surface area (Å²) >= 11 is 3.52. The van der Waals surface area contributed by atoms with E-state index in [-0.39, 0.29) is 6.10 Å². The summed E-state index contributed by atoms with van der Waals surface area (Å²) in [5.74, 6) is 0. The Morgan fingerprint density at radius 1 is 1.42 bits per heavy atom. The van der Waals surface area contributed by atoms with Gasteiger partial charge in [0.2, 0.25) is 0 Å². The number of aliphatic hydroxyl groups is 1. The minimum Gasteiger partial charge on any atom is -0.393 e. The monoisotopic (exact) mass is 226 g/mol. The molecule has 1 atom stereocenters. The molecule has 0 radical (unpaired) electrons. The van der Waals surface area contributed by atoms with E-state index in [1.54, 1.807) is 0 Å². The standard InChI is InChI=1S/C10H11BrO/c11-10-3-1-2-7-6-8(12)4-5-9(7)10/h1-3,8,12H,4-6H2. The second-order valence-corrected chi connectivity index (χ2v) is 4.13. The lowest BCUT2D eigenvalue weighted by Crippen LogP contribution is -2.18. The summed E-state index contributed by atoms with van der Waals surface area (Å²) in [5, 5.41) is 9.43. The third-order valence-electron chi connectivity index (χ3n) is 2.40. The maximum absolute atomic E-state index is 9.43. The zero-order valence-electron chi connectivity index (χ0n) is 6.76. The molecule has 0 aliphatic heterocycles. The Bertz CT molecular complexity index is 296. The second kappa shape index (κ2) is 3.19. The fourth-order valence-electron chi connectivity index (χ4n) is 1.74. The topological polar surface area (TPSA) is 20.2 Å². The van der Waals surface area contributed by atoms with Crippen molar-refractivity contribution < 1.29 is 5.11 Å². The molecule has 0 saturated carbocycles. The van der Waals surface area contributed by atoms with Gasteiger partial charge in [0.25, 0.3) is 0 Å². The average molecular weight is 227 g/mol. The number of hydrogen-bond acceptors (Lipinski definition) is 1. The molecule has 0 amide bonds. The summed E-state index contributed by atoms with van der Waals surface area (Å²) in [5.41, 5.74) is 2.67. The van der Waals surface area contributed by atoms with E-state index >= 15 is 0 Å². The number of benzene rings is 1. The molecule has 1 aliphatic rings. The van der Waals surface area contributed by atoms with Crippen LogP contribution in [-0.4, -0.2) is 11.2 Å². The normalized spacial score (nSPS) is 22.0. The van der Waals surface area contributed by atoms with Gasteiger partial charge >= 0.3 is 0 Å². The Kier molecular flexibility index (Phi) is 2.20. The Hall–Kier alpha value is -0.340. The molecule has 0 aromatic heterocycles. The highest BCUT2D eigenvalue weighted by molar-refractivity contribution is 9.10. The zero-order chi connectivity index (χ0) is 8.55. The first-order valence-corrected chi connectivity index (χ1v) is 5.01. The second-order valence-electron chi connectivity index (χ2n) is 3.27. The van der Waals surface area contributed by atoms with Crippen molar-refractivity contribution in [3.63, 3.8) is 0 Å². The molecule has 12 heavy (non-hydrogen) atoms. The summed E-state index contributed by atoms with van der Waals surface area (Å²) in [6.45, 7) is 0. The van der Waals surface area contributed by atoms with Crippen LogP contribution in [0.25, 0.3) is 0 Å². The van der Waals surface area contributed by atoms with E-state index in [4.69, 9.17) is 0 Å². The van der Waals surface area contributed by atoms with E-state index in [1.807, 2.05) is 6.07 Å². The molecule has 0 fully saturated rings. The van der Waals surface area contributed by atoms with Gasteiger partial charge in [-0.25, -0.2) is 0 Å². The van der Waals surface area contributed by atoms with Crippen LogP contribution in [0.1, 0.15) is 17.5 Å². The third-order valence-corrected chi connectivity index (χ3v) is 3.14. The molecule has 0 heterocycles. The van der Waals surface area contributed by atoms with Crippen LogP contribution in [0.4, 0.5) is 0 Å². The van der Waals surface area contributed by atoms with E-state index in [0.717, 1.165) is 19.3 Å². The number of aliphatic hydroxyl groups excluding tert-OH is 1. The lowest BCUT2D eigenvalue weighted by molar-refractivity contribution is 0.158. The minimum atomic E-state index is -0.133. The Morgan fingerprint density at radius 3 is 3.08 bits per heavy atom. The van der Waals surface area contributed by atoms with Crippen molar-refractivity contribution in [3.8, 4) is 0 Å². The largest absolute Gasteiger partial charge is 0.393 e. The fourth-order valence-corrected chi connectivity index (χ4v) is 2.35. The molecule has 1 aliphatic carbocycles. The van der Waals surface area contributed by atoms with E-state index in [0.29, 0.717) is 0 Å². The minimum absolute atomic E-state index is 0.133. The van der Waals surface area contributed by atoms with Gasteiger partial charge in [-0.15, -0.1) is 0 Å². The first-order chi connectivity index (χ1) is 5.77. The van der Waals surface area contributed by atoms with Crippen LogP contribution in [0.5, 0.6) is 0 Å². The maximum Gasteiger partial charge on any atom is 0.0583 e. The summed E-state index contributed by atoms with van der Waals surface area (Å²) in [6.07, 6.45) is 2.58. The van der Waals surface area contributed by atoms with Crippen molar-refractivity contribution in [2.24, 2.45) is 0 Å². The Labute approximate surface area is 80.5 Å². The van der Waals surface area contributed by atoms with Crippen molar-refractivity contribution >= 4 is 15.9 Å². The summed E-state index contributed by atoms with van der Waals surface area (Å²) in [7, 11) is 0. The summed E-state index contributed by atoms with van der Waals surface area (Å²) in [4.78, 5) is 0. The molecule has 1 nitrogen and oxygen atoms in total. The number of fused-ring (bicyclic) bond motifs is 1. The van der Waals surface area contributed by atoms with E-state index < -0.39 is 0 Å². The van der Waals surface area contributed by atoms with Crippen molar-refractivity contribution in [2.75, 3.05) is 0 Å². The van der Waals surface area contributed by atoms with Gasteiger partial charge in [0.05, 0.1) is 6.10 Å². The third kappa shape index (κ3) is 1.41. The Morgan fingerprint density at radius 2 is 2.25 bits per heavy atom. The predicted molar refractivity (Wildman–Crippen MR) is 52.2 cm³/mol. The molecule has 1 aromatic rings. The average Bonchev–Trinajstić information content (AvgIpc) is 2.04. The number of hydrogen-bond donors (Lipinski definition) is 1. The first kappa shape index (κ1) is 8.27. The summed E-state index contributed by atoms with van der Waals surface area (Å²) < 4.78 is 1.19. The van der Waals surface area contributed by atoms with Gasteiger partial charge < -0.3 is 5.11 Å².